The molecule has 0 bridgehead atoms. The summed E-state index contributed by atoms with van der Waals surface area (Å²) in [5, 5.41) is -0.330. The van der Waals surface area contributed by atoms with Crippen molar-refractivity contribution in [3.63, 3.8) is 0 Å². The minimum Gasteiger partial charge on any atom is -0.486 e. The molecule has 7 heteroatoms. The highest BCUT2D eigenvalue weighted by molar-refractivity contribution is 7.93. The fourth-order valence-electron chi connectivity index (χ4n) is 3.87. The van der Waals surface area contributed by atoms with Crippen molar-refractivity contribution in [1.82, 2.24) is 0 Å². The fraction of sp³-hybridized carbons (Fsp3) is 0.650. The zero-order chi connectivity index (χ0) is 19.4. The molecule has 0 amide bonds. The van der Waals surface area contributed by atoms with Gasteiger partial charge in [0.25, 0.3) is 0 Å². The van der Waals surface area contributed by atoms with Crippen LogP contribution in [0, 0.1) is 6.92 Å². The maximum atomic E-state index is 13.4. The standard InChI is InChI=1S/C20H29NO5S/c1-3-25-20(22)12-10-16-14-21(18-13-15(2)9-11-19(18)26-16)27(23,24)17-7-5-4-6-8-17/h9,11,13,16-17H,3-8,10,12,14H2,1-2H3. The van der Waals surface area contributed by atoms with Gasteiger partial charge < -0.3 is 9.47 Å². The first-order chi connectivity index (χ1) is 12.9. The Balaban J connectivity index is 1.84. The number of esters is 1. The number of hydrogen-bond acceptors (Lipinski definition) is 5. The molecule has 1 aliphatic carbocycles. The van der Waals surface area contributed by atoms with Crippen LogP contribution in [0.2, 0.25) is 0 Å². The van der Waals surface area contributed by atoms with Crippen molar-refractivity contribution < 1.29 is 22.7 Å². The molecule has 1 unspecified atom stereocenters. The van der Waals surface area contributed by atoms with Crippen LogP contribution in [0.5, 0.6) is 5.75 Å². The Bertz CT molecular complexity index is 771. The predicted octanol–water partition coefficient (Wildman–Crippen LogP) is 3.57. The molecular weight excluding hydrogens is 366 g/mol. The van der Waals surface area contributed by atoms with E-state index in [4.69, 9.17) is 9.47 Å². The Hall–Kier alpha value is -1.76. The molecule has 0 aromatic heterocycles. The molecule has 0 saturated heterocycles. The summed E-state index contributed by atoms with van der Waals surface area (Å²) >= 11 is 0. The molecule has 150 valence electrons. The van der Waals surface area contributed by atoms with Gasteiger partial charge in [0.1, 0.15) is 11.9 Å². The number of sulfonamides is 1. The van der Waals surface area contributed by atoms with Gasteiger partial charge in [0.05, 0.1) is 24.1 Å². The van der Waals surface area contributed by atoms with E-state index in [2.05, 4.69) is 0 Å². The Kier molecular flexibility index (Phi) is 6.29. The summed E-state index contributed by atoms with van der Waals surface area (Å²) in [5.41, 5.74) is 1.61. The summed E-state index contributed by atoms with van der Waals surface area (Å²) in [6.45, 7) is 4.30. The van der Waals surface area contributed by atoms with Crippen LogP contribution in [0.1, 0.15) is 57.4 Å². The Morgan fingerprint density at radius 2 is 2.00 bits per heavy atom. The number of anilines is 1. The Labute approximate surface area is 161 Å². The van der Waals surface area contributed by atoms with Gasteiger partial charge in [-0.2, -0.15) is 0 Å². The van der Waals surface area contributed by atoms with Gasteiger partial charge in [-0.15, -0.1) is 0 Å². The van der Waals surface area contributed by atoms with Gasteiger partial charge in [0.2, 0.25) is 10.0 Å². The van der Waals surface area contributed by atoms with Crippen molar-refractivity contribution in [2.45, 2.75) is 70.1 Å². The average molecular weight is 396 g/mol. The van der Waals surface area contributed by atoms with E-state index >= 15 is 0 Å². The van der Waals surface area contributed by atoms with Crippen LogP contribution >= 0.6 is 0 Å². The number of rotatable bonds is 6. The van der Waals surface area contributed by atoms with Crippen molar-refractivity contribution in [3.8, 4) is 5.75 Å². The van der Waals surface area contributed by atoms with Gasteiger partial charge in [-0.1, -0.05) is 25.3 Å². The number of carbonyl (C=O) groups excluding carboxylic acids is 1. The number of carbonyl (C=O) groups is 1. The summed E-state index contributed by atoms with van der Waals surface area (Å²) in [4.78, 5) is 11.7. The van der Waals surface area contributed by atoms with Gasteiger partial charge in [-0.25, -0.2) is 8.42 Å². The lowest BCUT2D eigenvalue weighted by molar-refractivity contribution is -0.143. The number of ether oxygens (including phenoxy) is 2. The number of aryl methyl sites for hydroxylation is 1. The minimum atomic E-state index is -3.46. The lowest BCUT2D eigenvalue weighted by Crippen LogP contribution is -2.47. The molecule has 27 heavy (non-hydrogen) atoms. The predicted molar refractivity (Wildman–Crippen MR) is 105 cm³/mol. The van der Waals surface area contributed by atoms with Crippen LogP contribution in [-0.2, 0) is 19.6 Å². The second-order valence-electron chi connectivity index (χ2n) is 7.39. The number of benzene rings is 1. The molecule has 6 nitrogen and oxygen atoms in total. The number of fused-ring (bicyclic) bond motifs is 1. The summed E-state index contributed by atoms with van der Waals surface area (Å²) < 4.78 is 39.3. The minimum absolute atomic E-state index is 0.219. The molecule has 1 aromatic rings. The third kappa shape index (κ3) is 4.57. The maximum absolute atomic E-state index is 13.4. The smallest absolute Gasteiger partial charge is 0.305 e. The van der Waals surface area contributed by atoms with E-state index in [1.807, 2.05) is 25.1 Å². The summed E-state index contributed by atoms with van der Waals surface area (Å²) in [6, 6.07) is 5.61. The van der Waals surface area contributed by atoms with Gasteiger partial charge in [-0.05, 0) is 50.8 Å². The van der Waals surface area contributed by atoms with Gasteiger partial charge in [0.15, 0.2) is 0 Å². The van der Waals surface area contributed by atoms with Crippen molar-refractivity contribution in [2.75, 3.05) is 17.5 Å². The molecule has 0 spiro atoms. The molecular formula is C20H29NO5S. The molecule has 1 aliphatic heterocycles. The second kappa shape index (κ2) is 8.50. The first-order valence-electron chi connectivity index (χ1n) is 9.86. The summed E-state index contributed by atoms with van der Waals surface area (Å²) in [6.07, 6.45) is 4.75. The molecule has 0 radical (unpaired) electrons. The number of nitrogens with zero attached hydrogens (tertiary/aromatic N) is 1. The third-order valence-corrected chi connectivity index (χ3v) is 7.58. The fourth-order valence-corrected chi connectivity index (χ4v) is 5.95. The van der Waals surface area contributed by atoms with E-state index in [0.717, 1.165) is 24.8 Å². The molecule has 1 aromatic carbocycles. The quantitative estimate of drug-likeness (QED) is 0.689. The average Bonchev–Trinajstić information content (AvgIpc) is 2.66. The highest BCUT2D eigenvalue weighted by Gasteiger charge is 2.38. The van der Waals surface area contributed by atoms with E-state index in [0.29, 0.717) is 37.3 Å². The molecule has 1 fully saturated rings. The van der Waals surface area contributed by atoms with E-state index in [9.17, 15) is 13.2 Å². The van der Waals surface area contributed by atoms with Crippen LogP contribution in [0.15, 0.2) is 18.2 Å². The molecule has 2 aliphatic rings. The van der Waals surface area contributed by atoms with Crippen LogP contribution in [0.25, 0.3) is 0 Å². The monoisotopic (exact) mass is 395 g/mol. The van der Waals surface area contributed by atoms with E-state index in [1.165, 1.54) is 4.31 Å². The van der Waals surface area contributed by atoms with Crippen LogP contribution < -0.4 is 9.04 Å². The van der Waals surface area contributed by atoms with Gasteiger partial charge in [-0.3, -0.25) is 9.10 Å². The highest BCUT2D eigenvalue weighted by Crippen LogP contribution is 2.39. The van der Waals surface area contributed by atoms with Crippen LogP contribution in [-0.4, -0.2) is 38.9 Å². The Morgan fingerprint density at radius 1 is 1.26 bits per heavy atom. The maximum Gasteiger partial charge on any atom is 0.305 e. The first-order valence-corrected chi connectivity index (χ1v) is 11.4. The van der Waals surface area contributed by atoms with Crippen molar-refractivity contribution in [3.05, 3.63) is 23.8 Å². The van der Waals surface area contributed by atoms with Crippen LogP contribution in [0.4, 0.5) is 5.69 Å². The molecule has 1 saturated carbocycles. The number of hydrogen-bond donors (Lipinski definition) is 0. The van der Waals surface area contributed by atoms with Crippen LogP contribution in [0.3, 0.4) is 0 Å². The van der Waals surface area contributed by atoms with Crippen molar-refractivity contribution in [1.29, 1.82) is 0 Å². The Morgan fingerprint density at radius 3 is 2.70 bits per heavy atom. The topological polar surface area (TPSA) is 72.9 Å². The zero-order valence-electron chi connectivity index (χ0n) is 16.1. The second-order valence-corrected chi connectivity index (χ2v) is 9.53. The van der Waals surface area contributed by atoms with E-state index < -0.39 is 10.0 Å². The largest absolute Gasteiger partial charge is 0.486 e. The van der Waals surface area contributed by atoms with E-state index in [1.54, 1.807) is 6.92 Å². The normalized spacial score (nSPS) is 20.7. The summed E-state index contributed by atoms with van der Waals surface area (Å²) in [7, 11) is -3.46. The zero-order valence-corrected chi connectivity index (χ0v) is 17.0. The molecule has 3 rings (SSSR count). The highest BCUT2D eigenvalue weighted by atomic mass is 32.2. The SMILES string of the molecule is CCOC(=O)CCC1CN(S(=O)(=O)C2CCCCC2)c2cc(C)ccc2O1. The lowest BCUT2D eigenvalue weighted by Gasteiger charge is -2.38. The van der Waals surface area contributed by atoms with Crippen molar-refractivity contribution in [2.24, 2.45) is 0 Å². The lowest BCUT2D eigenvalue weighted by atomic mass is 10.0. The summed E-state index contributed by atoms with van der Waals surface area (Å²) in [5.74, 6) is 0.289. The molecule has 0 N–H and O–H groups in total. The van der Waals surface area contributed by atoms with E-state index in [-0.39, 0.29) is 30.3 Å². The first kappa shape index (κ1) is 20.0. The third-order valence-electron chi connectivity index (χ3n) is 5.30. The van der Waals surface area contributed by atoms with Gasteiger partial charge >= 0.3 is 5.97 Å². The molecule has 1 atom stereocenters. The molecule has 1 heterocycles. The van der Waals surface area contributed by atoms with Gasteiger partial charge in [0, 0.05) is 6.42 Å². The van der Waals surface area contributed by atoms with Crippen molar-refractivity contribution >= 4 is 21.7 Å².